The van der Waals surface area contributed by atoms with Gasteiger partial charge in [0.2, 0.25) is 0 Å². The van der Waals surface area contributed by atoms with Crippen molar-refractivity contribution in [3.63, 3.8) is 0 Å². The lowest BCUT2D eigenvalue weighted by Crippen LogP contribution is -1.91. The Kier molecular flexibility index (Phi) is 5.74. The summed E-state index contributed by atoms with van der Waals surface area (Å²) >= 11 is 0. The first-order valence-corrected chi connectivity index (χ1v) is 7.09. The van der Waals surface area contributed by atoms with E-state index < -0.39 is 0 Å². The van der Waals surface area contributed by atoms with Gasteiger partial charge in [-0.1, -0.05) is 52.8 Å². The first-order chi connectivity index (χ1) is 7.90. The predicted molar refractivity (Wildman–Crippen MR) is 74.9 cm³/mol. The van der Waals surface area contributed by atoms with Gasteiger partial charge in [-0.2, -0.15) is 0 Å². The van der Waals surface area contributed by atoms with Crippen LogP contribution in [0.15, 0.2) is 48.7 Å². The van der Waals surface area contributed by atoms with Crippen LogP contribution in [0, 0.1) is 0 Å². The maximum Gasteiger partial charge on any atom is 0.0701 e. The molecule has 1 unspecified atom stereocenters. The Morgan fingerprint density at radius 1 is 0.938 bits per heavy atom. The molecule has 0 saturated carbocycles. The van der Waals surface area contributed by atoms with E-state index >= 15 is 0 Å². The highest BCUT2D eigenvalue weighted by atomic mass is 31.1. The van der Waals surface area contributed by atoms with Crippen LogP contribution in [0.2, 0.25) is 0 Å². The Morgan fingerprint density at radius 3 is 2.12 bits per heavy atom. The number of hydrogen-bond donors (Lipinski definition) is 0. The van der Waals surface area contributed by atoms with Gasteiger partial charge in [0.05, 0.1) is 5.69 Å². The smallest absolute Gasteiger partial charge is 0.0701 e. The molecule has 0 aliphatic carbocycles. The van der Waals surface area contributed by atoms with Gasteiger partial charge in [-0.15, -0.1) is 0 Å². The second-order valence-electron chi connectivity index (χ2n) is 3.04. The summed E-state index contributed by atoms with van der Waals surface area (Å²) in [5.74, 6) is 0. The molecule has 0 aliphatic rings. The molecule has 84 valence electrons. The topological polar surface area (TPSA) is 12.9 Å². The van der Waals surface area contributed by atoms with Crippen molar-refractivity contribution in [3.8, 4) is 11.3 Å². The van der Waals surface area contributed by atoms with Crippen molar-refractivity contribution < 1.29 is 0 Å². The van der Waals surface area contributed by atoms with Gasteiger partial charge in [0.15, 0.2) is 0 Å². The van der Waals surface area contributed by atoms with Crippen LogP contribution in [0.5, 0.6) is 0 Å². The number of rotatable bonds is 2. The van der Waals surface area contributed by atoms with E-state index in [1.54, 1.807) is 0 Å². The second kappa shape index (κ2) is 7.14. The van der Waals surface area contributed by atoms with Crippen molar-refractivity contribution >= 4 is 13.9 Å². The fourth-order valence-corrected chi connectivity index (χ4v) is 1.84. The number of nitrogens with zero attached hydrogens (tertiary/aromatic N) is 1. The lowest BCUT2D eigenvalue weighted by molar-refractivity contribution is 1.33. The van der Waals surface area contributed by atoms with Crippen molar-refractivity contribution in [1.29, 1.82) is 0 Å². The third-order valence-electron chi connectivity index (χ3n) is 2.13. The second-order valence-corrected chi connectivity index (χ2v) is 4.12. The molecule has 0 amide bonds. The minimum absolute atomic E-state index is 0.864. The van der Waals surface area contributed by atoms with Gasteiger partial charge in [0, 0.05) is 11.8 Å². The first kappa shape index (κ1) is 12.9. The minimum atomic E-state index is 0.864. The molecular formula is C14H18NP. The van der Waals surface area contributed by atoms with Crippen LogP contribution in [0.4, 0.5) is 0 Å². The monoisotopic (exact) mass is 231 g/mol. The van der Waals surface area contributed by atoms with Crippen molar-refractivity contribution in [2.75, 3.05) is 6.66 Å². The van der Waals surface area contributed by atoms with Crippen molar-refractivity contribution in [2.24, 2.45) is 0 Å². The molecule has 1 nitrogen and oxygen atoms in total. The van der Waals surface area contributed by atoms with Crippen LogP contribution in [0.1, 0.15) is 13.8 Å². The summed E-state index contributed by atoms with van der Waals surface area (Å²) in [6, 6.07) is 14.6. The largest absolute Gasteiger partial charge is 0.256 e. The zero-order valence-corrected chi connectivity index (χ0v) is 11.1. The molecular weight excluding hydrogens is 213 g/mol. The van der Waals surface area contributed by atoms with Crippen molar-refractivity contribution in [3.05, 3.63) is 48.7 Å². The van der Waals surface area contributed by atoms with Gasteiger partial charge in [0.25, 0.3) is 0 Å². The highest BCUT2D eigenvalue weighted by Crippen LogP contribution is 2.16. The number of aromatic nitrogens is 1. The summed E-state index contributed by atoms with van der Waals surface area (Å²) in [6.07, 6.45) is 1.82. The van der Waals surface area contributed by atoms with Gasteiger partial charge >= 0.3 is 0 Å². The zero-order chi connectivity index (χ0) is 11.8. The average Bonchev–Trinajstić information content (AvgIpc) is 2.42. The fourth-order valence-electron chi connectivity index (χ4n) is 1.34. The minimum Gasteiger partial charge on any atom is -0.256 e. The number of hydrogen-bond acceptors (Lipinski definition) is 1. The summed E-state index contributed by atoms with van der Waals surface area (Å²) < 4.78 is 0. The Bertz CT molecular complexity index is 395. The van der Waals surface area contributed by atoms with E-state index in [4.69, 9.17) is 0 Å². The van der Waals surface area contributed by atoms with E-state index in [9.17, 15) is 0 Å². The Balaban J connectivity index is 0.000000606. The molecule has 0 spiro atoms. The van der Waals surface area contributed by atoms with Crippen molar-refractivity contribution in [1.82, 2.24) is 4.98 Å². The fraction of sp³-hybridized carbons (Fsp3) is 0.214. The normalized spacial score (nSPS) is 9.94. The maximum absolute atomic E-state index is 4.31. The third-order valence-corrected chi connectivity index (χ3v) is 3.04. The summed E-state index contributed by atoms with van der Waals surface area (Å²) in [5, 5.41) is 1.39. The molecule has 1 atom stereocenters. The lowest BCUT2D eigenvalue weighted by atomic mass is 10.1. The molecule has 1 aromatic carbocycles. The zero-order valence-electron chi connectivity index (χ0n) is 10.1. The summed E-state index contributed by atoms with van der Waals surface area (Å²) in [4.78, 5) is 4.31. The highest BCUT2D eigenvalue weighted by Gasteiger charge is 1.96. The van der Waals surface area contributed by atoms with E-state index in [2.05, 4.69) is 35.9 Å². The van der Waals surface area contributed by atoms with Crippen LogP contribution in [0.3, 0.4) is 0 Å². The van der Waals surface area contributed by atoms with Gasteiger partial charge in [-0.05, 0) is 24.1 Å². The van der Waals surface area contributed by atoms with Crippen LogP contribution in [0.25, 0.3) is 11.3 Å². The lowest BCUT2D eigenvalue weighted by Gasteiger charge is -2.01. The summed E-state index contributed by atoms with van der Waals surface area (Å²) in [6.45, 7) is 6.19. The van der Waals surface area contributed by atoms with Gasteiger partial charge in [-0.3, -0.25) is 4.98 Å². The van der Waals surface area contributed by atoms with E-state index in [0.717, 1.165) is 14.3 Å². The Labute approximate surface area is 99.7 Å². The maximum atomic E-state index is 4.31. The quantitative estimate of drug-likeness (QED) is 0.718. The van der Waals surface area contributed by atoms with Crippen LogP contribution >= 0.6 is 8.58 Å². The van der Waals surface area contributed by atoms with E-state index in [0.29, 0.717) is 0 Å². The Morgan fingerprint density at radius 2 is 1.62 bits per heavy atom. The average molecular weight is 231 g/mol. The standard InChI is InChI=1S/C12H12NP.C2H6/c1-14-11-7-5-10(6-8-11)12-4-2-3-9-13-12;1-2/h2-9,14H,1H3;1-2H3. The van der Waals surface area contributed by atoms with E-state index in [1.807, 2.05) is 38.2 Å². The molecule has 0 radical (unpaired) electrons. The molecule has 2 rings (SSSR count). The number of benzene rings is 1. The van der Waals surface area contributed by atoms with E-state index in [-0.39, 0.29) is 0 Å². The summed E-state index contributed by atoms with van der Waals surface area (Å²) in [5.41, 5.74) is 2.23. The molecule has 1 heterocycles. The van der Waals surface area contributed by atoms with Gasteiger partial charge in [0.1, 0.15) is 0 Å². The molecule has 2 heteroatoms. The van der Waals surface area contributed by atoms with Crippen LogP contribution in [-0.4, -0.2) is 11.6 Å². The molecule has 0 bridgehead atoms. The Hall–Kier alpha value is -1.20. The molecule has 1 aromatic heterocycles. The number of pyridine rings is 1. The third kappa shape index (κ3) is 3.43. The van der Waals surface area contributed by atoms with Crippen molar-refractivity contribution in [2.45, 2.75) is 13.8 Å². The molecule has 2 aromatic rings. The molecule has 16 heavy (non-hydrogen) atoms. The first-order valence-electron chi connectivity index (χ1n) is 5.59. The molecule has 0 N–H and O–H groups in total. The molecule has 0 aliphatic heterocycles. The molecule has 0 fully saturated rings. The SMILES string of the molecule is CC.CPc1ccc(-c2ccccn2)cc1. The summed E-state index contributed by atoms with van der Waals surface area (Å²) in [7, 11) is 0.864. The highest BCUT2D eigenvalue weighted by molar-refractivity contribution is 7.46. The van der Waals surface area contributed by atoms with Gasteiger partial charge in [-0.25, -0.2) is 0 Å². The van der Waals surface area contributed by atoms with Gasteiger partial charge < -0.3 is 0 Å². The van der Waals surface area contributed by atoms with E-state index in [1.165, 1.54) is 10.9 Å². The predicted octanol–water partition coefficient (Wildman–Crippen LogP) is 3.71. The van der Waals surface area contributed by atoms with Crippen LogP contribution in [-0.2, 0) is 0 Å². The molecule has 0 saturated heterocycles. The van der Waals surface area contributed by atoms with Crippen LogP contribution < -0.4 is 5.30 Å².